The molecule has 0 aliphatic carbocycles. The third-order valence-corrected chi connectivity index (χ3v) is 7.21. The molecule has 0 bridgehead atoms. The summed E-state index contributed by atoms with van der Waals surface area (Å²) < 4.78 is 49.6. The Hall–Kier alpha value is -2.17. The quantitative estimate of drug-likeness (QED) is 0.301. The Labute approximate surface area is 202 Å². The normalized spacial score (nSPS) is 17.9. The number of benzene rings is 2. The Morgan fingerprint density at radius 3 is 2.21 bits per heavy atom. The second-order valence-electron chi connectivity index (χ2n) is 10.1. The van der Waals surface area contributed by atoms with E-state index in [1.165, 1.54) is 11.1 Å². The van der Waals surface area contributed by atoms with Crippen LogP contribution >= 0.6 is 0 Å². The zero-order chi connectivity index (χ0) is 24.8. The van der Waals surface area contributed by atoms with Crippen LogP contribution in [0.5, 0.6) is 11.5 Å². The van der Waals surface area contributed by atoms with E-state index in [-0.39, 0.29) is 12.0 Å². The van der Waals surface area contributed by atoms with Gasteiger partial charge in [-0.25, -0.2) is 0 Å². The van der Waals surface area contributed by atoms with Crippen molar-refractivity contribution < 1.29 is 22.6 Å². The fourth-order valence-electron chi connectivity index (χ4n) is 4.94. The van der Waals surface area contributed by atoms with E-state index in [0.717, 1.165) is 73.1 Å². The van der Waals surface area contributed by atoms with Crippen LogP contribution in [0.15, 0.2) is 30.3 Å². The molecule has 1 aliphatic rings. The Balaban J connectivity index is 1.54. The van der Waals surface area contributed by atoms with Crippen LogP contribution in [0.2, 0.25) is 0 Å². The van der Waals surface area contributed by atoms with Crippen LogP contribution in [0.3, 0.4) is 0 Å². The minimum absolute atomic E-state index is 0.195. The number of ether oxygens (including phenoxy) is 2. The summed E-state index contributed by atoms with van der Waals surface area (Å²) in [5, 5.41) is 0. The molecule has 0 aromatic heterocycles. The number of hydrogen-bond acceptors (Lipinski definition) is 2. The molecule has 0 fully saturated rings. The van der Waals surface area contributed by atoms with Gasteiger partial charge in [0.1, 0.15) is 23.7 Å². The molecule has 1 heterocycles. The predicted octanol–water partition coefficient (Wildman–Crippen LogP) is 8.96. The van der Waals surface area contributed by atoms with Crippen molar-refractivity contribution in [3.63, 3.8) is 0 Å². The zero-order valence-corrected chi connectivity index (χ0v) is 21.1. The first kappa shape index (κ1) is 26.4. The van der Waals surface area contributed by atoms with E-state index in [9.17, 15) is 13.2 Å². The molecule has 2 aromatic carbocycles. The molecule has 3 rings (SSSR count). The van der Waals surface area contributed by atoms with Crippen molar-refractivity contribution in [1.29, 1.82) is 0 Å². The molecule has 5 heteroatoms. The number of fused-ring (bicyclic) bond motifs is 1. The average molecular weight is 477 g/mol. The maximum absolute atomic E-state index is 12.2. The molecule has 1 atom stereocenters. The monoisotopic (exact) mass is 476 g/mol. The van der Waals surface area contributed by atoms with Gasteiger partial charge in [0, 0.05) is 12.0 Å². The van der Waals surface area contributed by atoms with Gasteiger partial charge in [-0.05, 0) is 82.1 Å². The topological polar surface area (TPSA) is 18.5 Å². The van der Waals surface area contributed by atoms with Crippen molar-refractivity contribution in [1.82, 2.24) is 0 Å². The molecular weight excluding hydrogens is 437 g/mol. The average Bonchev–Trinajstić information content (AvgIpc) is 2.79. The fourth-order valence-corrected chi connectivity index (χ4v) is 4.94. The molecule has 0 unspecified atom stereocenters. The van der Waals surface area contributed by atoms with Gasteiger partial charge in [-0.3, -0.25) is 0 Å². The van der Waals surface area contributed by atoms with Crippen molar-refractivity contribution in [3.8, 4) is 11.5 Å². The van der Waals surface area contributed by atoms with Crippen LogP contribution in [0.4, 0.5) is 13.2 Å². The molecule has 34 heavy (non-hydrogen) atoms. The number of unbranched alkanes of at least 4 members (excludes halogenated alkanes) is 5. The van der Waals surface area contributed by atoms with Gasteiger partial charge in [0.05, 0.1) is 0 Å². The largest absolute Gasteiger partial charge is 0.488 e. The summed E-state index contributed by atoms with van der Waals surface area (Å²) in [6.07, 6.45) is 3.08. The van der Waals surface area contributed by atoms with Gasteiger partial charge in [-0.1, -0.05) is 56.0 Å². The molecule has 0 N–H and O–H groups in total. The fraction of sp³-hybridized carbons (Fsp3) is 0.586. The SMILES string of the molecule is Cc1c(C)c2c(c(C)c1OCc1ccccc1)CC[C@@](C)(CCCCCCCCC(F)(F)F)O2. The number of hydrogen-bond donors (Lipinski definition) is 0. The van der Waals surface area contributed by atoms with E-state index in [4.69, 9.17) is 9.47 Å². The van der Waals surface area contributed by atoms with E-state index in [1.54, 1.807) is 0 Å². The van der Waals surface area contributed by atoms with Gasteiger partial charge in [0.25, 0.3) is 0 Å². The predicted molar refractivity (Wildman–Crippen MR) is 132 cm³/mol. The molecule has 1 aliphatic heterocycles. The molecule has 2 nitrogen and oxygen atoms in total. The summed E-state index contributed by atoms with van der Waals surface area (Å²) in [6, 6.07) is 10.2. The highest BCUT2D eigenvalue weighted by molar-refractivity contribution is 5.59. The van der Waals surface area contributed by atoms with Gasteiger partial charge >= 0.3 is 6.18 Å². The lowest BCUT2D eigenvalue weighted by Crippen LogP contribution is -2.37. The number of alkyl halides is 3. The molecule has 2 aromatic rings. The van der Waals surface area contributed by atoms with Crippen LogP contribution in [-0.2, 0) is 13.0 Å². The lowest BCUT2D eigenvalue weighted by Gasteiger charge is -2.38. The Bertz CT molecular complexity index is 937. The second kappa shape index (κ2) is 11.5. The zero-order valence-electron chi connectivity index (χ0n) is 21.1. The first-order chi connectivity index (χ1) is 16.1. The summed E-state index contributed by atoms with van der Waals surface area (Å²) in [5.41, 5.74) is 5.68. The number of rotatable bonds is 11. The van der Waals surface area contributed by atoms with E-state index in [0.29, 0.717) is 13.0 Å². The Kier molecular flexibility index (Phi) is 8.95. The first-order valence-electron chi connectivity index (χ1n) is 12.6. The molecule has 0 radical (unpaired) electrons. The minimum atomic E-state index is -4.02. The first-order valence-corrected chi connectivity index (χ1v) is 12.6. The van der Waals surface area contributed by atoms with Gasteiger partial charge in [0.15, 0.2) is 0 Å². The Morgan fingerprint density at radius 1 is 0.882 bits per heavy atom. The van der Waals surface area contributed by atoms with E-state index >= 15 is 0 Å². The van der Waals surface area contributed by atoms with Crippen LogP contribution in [0.1, 0.15) is 92.5 Å². The highest BCUT2D eigenvalue weighted by atomic mass is 19.4. The molecular formula is C29H39F3O2. The number of halogens is 3. The lowest BCUT2D eigenvalue weighted by atomic mass is 9.84. The van der Waals surface area contributed by atoms with Gasteiger partial charge in [-0.15, -0.1) is 0 Å². The standard InChI is InChI=1S/C29H39F3O2/c1-21-22(2)27-25(23(3)26(21)33-20-24-14-10-9-11-15-24)16-19-28(4,34-27)17-12-7-5-6-8-13-18-29(30,31)32/h9-11,14-15H,5-8,12-13,16-20H2,1-4H3/t28-/m1/s1. The van der Waals surface area contributed by atoms with Crippen LogP contribution in [0, 0.1) is 20.8 Å². The van der Waals surface area contributed by atoms with Crippen molar-refractivity contribution in [2.45, 2.75) is 110 Å². The summed E-state index contributed by atoms with van der Waals surface area (Å²) in [4.78, 5) is 0. The van der Waals surface area contributed by atoms with E-state index < -0.39 is 12.6 Å². The molecule has 188 valence electrons. The van der Waals surface area contributed by atoms with Crippen LogP contribution in [-0.4, -0.2) is 11.8 Å². The van der Waals surface area contributed by atoms with Crippen molar-refractivity contribution in [3.05, 3.63) is 58.1 Å². The van der Waals surface area contributed by atoms with Crippen molar-refractivity contribution >= 4 is 0 Å². The Morgan fingerprint density at radius 2 is 1.53 bits per heavy atom. The summed E-state index contributed by atoms with van der Waals surface area (Å²) >= 11 is 0. The van der Waals surface area contributed by atoms with Crippen LogP contribution in [0.25, 0.3) is 0 Å². The van der Waals surface area contributed by atoms with E-state index in [2.05, 4.69) is 39.8 Å². The summed E-state index contributed by atoms with van der Waals surface area (Å²) in [7, 11) is 0. The van der Waals surface area contributed by atoms with Crippen molar-refractivity contribution in [2.75, 3.05) is 0 Å². The second-order valence-corrected chi connectivity index (χ2v) is 10.1. The third-order valence-electron chi connectivity index (χ3n) is 7.21. The van der Waals surface area contributed by atoms with Gasteiger partial charge in [-0.2, -0.15) is 13.2 Å². The highest BCUT2D eigenvalue weighted by Gasteiger charge is 2.34. The minimum Gasteiger partial charge on any atom is -0.488 e. The maximum atomic E-state index is 12.2. The summed E-state index contributed by atoms with van der Waals surface area (Å²) in [6.45, 7) is 9.11. The highest BCUT2D eigenvalue weighted by Crippen LogP contribution is 2.45. The lowest BCUT2D eigenvalue weighted by molar-refractivity contribution is -0.135. The van der Waals surface area contributed by atoms with Gasteiger partial charge in [0.2, 0.25) is 0 Å². The third kappa shape index (κ3) is 7.16. The van der Waals surface area contributed by atoms with Crippen LogP contribution < -0.4 is 9.47 Å². The molecule has 0 spiro atoms. The summed E-state index contributed by atoms with van der Waals surface area (Å²) in [5.74, 6) is 1.99. The molecule has 0 saturated carbocycles. The van der Waals surface area contributed by atoms with Crippen molar-refractivity contribution in [2.24, 2.45) is 0 Å². The smallest absolute Gasteiger partial charge is 0.389 e. The van der Waals surface area contributed by atoms with E-state index in [1.807, 2.05) is 18.2 Å². The molecule has 0 saturated heterocycles. The maximum Gasteiger partial charge on any atom is 0.389 e. The van der Waals surface area contributed by atoms with Gasteiger partial charge < -0.3 is 9.47 Å². The molecule has 0 amide bonds.